The van der Waals surface area contributed by atoms with E-state index in [-0.39, 0.29) is 4.90 Å². The summed E-state index contributed by atoms with van der Waals surface area (Å²) < 4.78 is 28.1. The first kappa shape index (κ1) is 15.7. The predicted octanol–water partition coefficient (Wildman–Crippen LogP) is 2.16. The van der Waals surface area contributed by atoms with Crippen molar-refractivity contribution < 1.29 is 8.42 Å². The van der Waals surface area contributed by atoms with Gasteiger partial charge in [0.2, 0.25) is 10.0 Å². The van der Waals surface area contributed by atoms with E-state index in [9.17, 15) is 8.42 Å². The topological polar surface area (TPSA) is 89.2 Å². The first-order valence-electron chi connectivity index (χ1n) is 7.66. The van der Waals surface area contributed by atoms with Gasteiger partial charge in [0, 0.05) is 16.3 Å². The second kappa shape index (κ2) is 5.61. The highest BCUT2D eigenvalue weighted by atomic mass is 32.2. The molecule has 2 heterocycles. The zero-order valence-electron chi connectivity index (χ0n) is 13.6. The van der Waals surface area contributed by atoms with Crippen molar-refractivity contribution in [2.24, 2.45) is 0 Å². The third kappa shape index (κ3) is 2.46. The van der Waals surface area contributed by atoms with E-state index >= 15 is 0 Å². The lowest BCUT2D eigenvalue weighted by atomic mass is 10.1. The number of fused-ring (bicyclic) bond motifs is 3. The average molecular weight is 353 g/mol. The van der Waals surface area contributed by atoms with Crippen LogP contribution in [0, 0.1) is 6.92 Å². The highest BCUT2D eigenvalue weighted by Gasteiger charge is 2.17. The Morgan fingerprint density at radius 1 is 1.00 bits per heavy atom. The van der Waals surface area contributed by atoms with Gasteiger partial charge in [0.05, 0.1) is 10.6 Å². The molecule has 0 aliphatic carbocycles. The molecule has 1 N–H and O–H groups in total. The average Bonchev–Trinajstić information content (AvgIpc) is 3.06. The summed E-state index contributed by atoms with van der Waals surface area (Å²) in [4.78, 5) is 0.168. The SMILES string of the molecule is CNS(=O)(=O)c1cccc(-c2nnc3c4ccccc4c(C)nn23)c1. The molecule has 0 aliphatic rings. The van der Waals surface area contributed by atoms with E-state index in [4.69, 9.17) is 0 Å². The van der Waals surface area contributed by atoms with Crippen molar-refractivity contribution in [3.05, 3.63) is 54.2 Å². The molecule has 0 bridgehead atoms. The highest BCUT2D eigenvalue weighted by Crippen LogP contribution is 2.25. The number of nitrogens with one attached hydrogen (secondary N) is 1. The number of sulfonamides is 1. The molecule has 7 nitrogen and oxygen atoms in total. The molecule has 4 rings (SSSR count). The van der Waals surface area contributed by atoms with Crippen LogP contribution in [0.3, 0.4) is 0 Å². The summed E-state index contributed by atoms with van der Waals surface area (Å²) in [5.74, 6) is 0.497. The third-order valence-corrected chi connectivity index (χ3v) is 5.53. The minimum atomic E-state index is -3.54. The van der Waals surface area contributed by atoms with Crippen molar-refractivity contribution in [1.82, 2.24) is 24.5 Å². The maximum atomic E-state index is 12.0. The van der Waals surface area contributed by atoms with E-state index < -0.39 is 10.0 Å². The van der Waals surface area contributed by atoms with Crippen LogP contribution in [-0.4, -0.2) is 35.3 Å². The summed E-state index contributed by atoms with van der Waals surface area (Å²) in [6.45, 7) is 1.92. The standard InChI is InChI=1S/C17H15N5O2S/c1-11-14-8-3-4-9-15(14)17-20-19-16(22(17)21-11)12-6-5-7-13(10-12)25(23,24)18-2/h3-10,18H,1-2H3. The van der Waals surface area contributed by atoms with Crippen LogP contribution in [0.25, 0.3) is 27.8 Å². The van der Waals surface area contributed by atoms with E-state index in [0.29, 0.717) is 17.0 Å². The Hall–Kier alpha value is -2.84. The summed E-state index contributed by atoms with van der Waals surface area (Å²) in [6, 6.07) is 14.4. The van der Waals surface area contributed by atoms with Crippen LogP contribution in [0.15, 0.2) is 53.4 Å². The number of aromatic nitrogens is 4. The molecule has 25 heavy (non-hydrogen) atoms. The molecule has 0 amide bonds. The lowest BCUT2D eigenvalue weighted by Gasteiger charge is -2.06. The summed E-state index contributed by atoms with van der Waals surface area (Å²) in [5.41, 5.74) is 2.12. The lowest BCUT2D eigenvalue weighted by molar-refractivity contribution is 0.588. The van der Waals surface area contributed by atoms with Gasteiger partial charge in [0.25, 0.3) is 0 Å². The Morgan fingerprint density at radius 3 is 2.52 bits per heavy atom. The number of hydrogen-bond donors (Lipinski definition) is 1. The molecular formula is C17H15N5O2S. The fraction of sp³-hybridized carbons (Fsp3) is 0.118. The van der Waals surface area contributed by atoms with E-state index in [1.165, 1.54) is 13.1 Å². The number of hydrogen-bond acceptors (Lipinski definition) is 5. The highest BCUT2D eigenvalue weighted by molar-refractivity contribution is 7.89. The monoisotopic (exact) mass is 353 g/mol. The van der Waals surface area contributed by atoms with Gasteiger partial charge in [-0.15, -0.1) is 10.2 Å². The third-order valence-electron chi connectivity index (χ3n) is 4.12. The van der Waals surface area contributed by atoms with E-state index in [1.54, 1.807) is 22.7 Å². The first-order chi connectivity index (χ1) is 12.0. The lowest BCUT2D eigenvalue weighted by Crippen LogP contribution is -2.18. The van der Waals surface area contributed by atoms with Gasteiger partial charge in [-0.1, -0.05) is 36.4 Å². The molecule has 0 fully saturated rings. The molecule has 2 aromatic carbocycles. The Labute approximate surface area is 144 Å². The normalized spacial score (nSPS) is 12.1. The molecule has 126 valence electrons. The number of benzene rings is 2. The molecule has 0 spiro atoms. The van der Waals surface area contributed by atoms with Crippen molar-refractivity contribution in [3.63, 3.8) is 0 Å². The summed E-state index contributed by atoms with van der Waals surface area (Å²) in [5, 5.41) is 15.0. The second-order valence-electron chi connectivity index (χ2n) is 5.63. The van der Waals surface area contributed by atoms with Crippen molar-refractivity contribution in [3.8, 4) is 11.4 Å². The second-order valence-corrected chi connectivity index (χ2v) is 7.51. The Kier molecular flexibility index (Phi) is 3.52. The van der Waals surface area contributed by atoms with E-state index in [1.807, 2.05) is 31.2 Å². The smallest absolute Gasteiger partial charge is 0.214 e. The number of rotatable bonds is 3. The predicted molar refractivity (Wildman–Crippen MR) is 94.7 cm³/mol. The molecule has 8 heteroatoms. The largest absolute Gasteiger partial charge is 0.240 e. The molecule has 0 aliphatic heterocycles. The van der Waals surface area contributed by atoms with Crippen LogP contribution in [0.5, 0.6) is 0 Å². The maximum absolute atomic E-state index is 12.0. The van der Waals surface area contributed by atoms with Crippen LogP contribution in [-0.2, 0) is 10.0 Å². The molecule has 2 aromatic heterocycles. The van der Waals surface area contributed by atoms with Gasteiger partial charge in [-0.25, -0.2) is 13.1 Å². The Balaban J connectivity index is 1.99. The fourth-order valence-corrected chi connectivity index (χ4v) is 3.62. The Morgan fingerprint density at radius 2 is 1.76 bits per heavy atom. The van der Waals surface area contributed by atoms with Crippen molar-refractivity contribution in [1.29, 1.82) is 0 Å². The molecule has 0 unspecified atom stereocenters. The van der Waals surface area contributed by atoms with Crippen LogP contribution in [0.2, 0.25) is 0 Å². The van der Waals surface area contributed by atoms with Gasteiger partial charge in [0.15, 0.2) is 11.5 Å². The maximum Gasteiger partial charge on any atom is 0.240 e. The molecule has 0 radical (unpaired) electrons. The van der Waals surface area contributed by atoms with Crippen LogP contribution in [0.4, 0.5) is 0 Å². The molecule has 0 saturated carbocycles. The van der Waals surface area contributed by atoms with E-state index in [2.05, 4.69) is 20.0 Å². The van der Waals surface area contributed by atoms with Gasteiger partial charge < -0.3 is 0 Å². The van der Waals surface area contributed by atoms with Gasteiger partial charge >= 0.3 is 0 Å². The molecule has 0 saturated heterocycles. The minimum absolute atomic E-state index is 0.168. The number of aryl methyl sites for hydroxylation is 1. The summed E-state index contributed by atoms with van der Waals surface area (Å²) in [6.07, 6.45) is 0. The first-order valence-corrected chi connectivity index (χ1v) is 9.14. The zero-order chi connectivity index (χ0) is 17.6. The quantitative estimate of drug-likeness (QED) is 0.610. The molecule has 0 atom stereocenters. The van der Waals surface area contributed by atoms with Crippen molar-refractivity contribution in [2.75, 3.05) is 7.05 Å². The molecule has 4 aromatic rings. The van der Waals surface area contributed by atoms with Crippen LogP contribution < -0.4 is 4.72 Å². The van der Waals surface area contributed by atoms with Gasteiger partial charge in [-0.3, -0.25) is 0 Å². The summed E-state index contributed by atoms with van der Waals surface area (Å²) >= 11 is 0. The molecular weight excluding hydrogens is 338 g/mol. The summed E-state index contributed by atoms with van der Waals surface area (Å²) in [7, 11) is -2.16. The zero-order valence-corrected chi connectivity index (χ0v) is 14.4. The van der Waals surface area contributed by atoms with Gasteiger partial charge in [-0.2, -0.15) is 9.61 Å². The Bertz CT molecular complexity index is 1210. The van der Waals surface area contributed by atoms with Crippen molar-refractivity contribution >= 4 is 26.4 Å². The van der Waals surface area contributed by atoms with E-state index in [0.717, 1.165) is 16.5 Å². The fourth-order valence-electron chi connectivity index (χ4n) is 2.84. The minimum Gasteiger partial charge on any atom is -0.214 e. The van der Waals surface area contributed by atoms with Crippen LogP contribution in [0.1, 0.15) is 5.69 Å². The van der Waals surface area contributed by atoms with Crippen LogP contribution >= 0.6 is 0 Å². The van der Waals surface area contributed by atoms with Gasteiger partial charge in [0.1, 0.15) is 0 Å². The number of nitrogens with zero attached hydrogens (tertiary/aromatic N) is 4. The van der Waals surface area contributed by atoms with Gasteiger partial charge in [-0.05, 0) is 26.1 Å². The van der Waals surface area contributed by atoms with Crippen molar-refractivity contribution in [2.45, 2.75) is 11.8 Å².